The Hall–Kier alpha value is -1.55. The van der Waals surface area contributed by atoms with Gasteiger partial charge < -0.3 is 15.7 Å². The minimum atomic E-state index is -0.941. The standard InChI is InChI=1S/C16H24N2O2/c1-18(10-12-6-3-2-4-7-12)11-13-8-5-9-14(17)15(13)16(19)20/h5,8-9,12H,2-4,6-7,10-11,17H2,1H3,(H,19,20). The molecule has 110 valence electrons. The lowest BCUT2D eigenvalue weighted by molar-refractivity contribution is 0.0695. The zero-order valence-corrected chi connectivity index (χ0v) is 12.1. The molecule has 0 spiro atoms. The van der Waals surface area contributed by atoms with E-state index in [0.29, 0.717) is 12.2 Å². The normalized spacial score (nSPS) is 16.5. The summed E-state index contributed by atoms with van der Waals surface area (Å²) in [5, 5.41) is 9.28. The molecule has 20 heavy (non-hydrogen) atoms. The second-order valence-corrected chi connectivity index (χ2v) is 5.89. The number of carboxylic acid groups (broad SMARTS) is 1. The van der Waals surface area contributed by atoms with Crippen LogP contribution in [0.1, 0.15) is 48.0 Å². The molecular formula is C16H24N2O2. The molecule has 0 radical (unpaired) electrons. The number of hydrogen-bond acceptors (Lipinski definition) is 3. The fourth-order valence-corrected chi connectivity index (χ4v) is 3.18. The van der Waals surface area contributed by atoms with Crippen molar-refractivity contribution in [3.63, 3.8) is 0 Å². The lowest BCUT2D eigenvalue weighted by atomic mass is 9.89. The van der Waals surface area contributed by atoms with Gasteiger partial charge in [-0.25, -0.2) is 4.79 Å². The van der Waals surface area contributed by atoms with E-state index in [1.807, 2.05) is 12.1 Å². The van der Waals surface area contributed by atoms with Gasteiger partial charge in [-0.15, -0.1) is 0 Å². The number of benzene rings is 1. The lowest BCUT2D eigenvalue weighted by Gasteiger charge is -2.27. The van der Waals surface area contributed by atoms with Gasteiger partial charge in [0.15, 0.2) is 0 Å². The molecule has 0 aromatic heterocycles. The molecule has 4 nitrogen and oxygen atoms in total. The van der Waals surface area contributed by atoms with Gasteiger partial charge in [-0.2, -0.15) is 0 Å². The molecule has 1 fully saturated rings. The molecule has 0 bridgehead atoms. The van der Waals surface area contributed by atoms with Crippen LogP contribution in [0.15, 0.2) is 18.2 Å². The van der Waals surface area contributed by atoms with Crippen molar-refractivity contribution < 1.29 is 9.90 Å². The molecular weight excluding hydrogens is 252 g/mol. The molecule has 1 saturated carbocycles. The van der Waals surface area contributed by atoms with E-state index in [1.165, 1.54) is 32.1 Å². The van der Waals surface area contributed by atoms with Gasteiger partial charge in [-0.3, -0.25) is 0 Å². The summed E-state index contributed by atoms with van der Waals surface area (Å²) in [6, 6.07) is 5.33. The monoisotopic (exact) mass is 276 g/mol. The lowest BCUT2D eigenvalue weighted by Crippen LogP contribution is -2.27. The fourth-order valence-electron chi connectivity index (χ4n) is 3.18. The Bertz CT molecular complexity index is 468. The van der Waals surface area contributed by atoms with Gasteiger partial charge in [0.2, 0.25) is 0 Å². The summed E-state index contributed by atoms with van der Waals surface area (Å²) in [6.45, 7) is 1.68. The van der Waals surface area contributed by atoms with Gasteiger partial charge in [0.05, 0.1) is 5.56 Å². The molecule has 2 rings (SSSR count). The van der Waals surface area contributed by atoms with Gasteiger partial charge >= 0.3 is 5.97 Å². The van der Waals surface area contributed by atoms with Crippen LogP contribution in [-0.2, 0) is 6.54 Å². The maximum Gasteiger partial charge on any atom is 0.338 e. The van der Waals surface area contributed by atoms with Gasteiger partial charge in [0, 0.05) is 18.8 Å². The van der Waals surface area contributed by atoms with E-state index >= 15 is 0 Å². The summed E-state index contributed by atoms with van der Waals surface area (Å²) < 4.78 is 0. The maximum absolute atomic E-state index is 11.3. The summed E-state index contributed by atoms with van der Waals surface area (Å²) in [6.07, 6.45) is 6.62. The van der Waals surface area contributed by atoms with Crippen molar-refractivity contribution in [2.75, 3.05) is 19.3 Å². The molecule has 0 saturated heterocycles. The molecule has 3 N–H and O–H groups in total. The summed E-state index contributed by atoms with van der Waals surface area (Å²) >= 11 is 0. The minimum absolute atomic E-state index is 0.253. The van der Waals surface area contributed by atoms with Crippen LogP contribution < -0.4 is 5.73 Å². The second-order valence-electron chi connectivity index (χ2n) is 5.89. The topological polar surface area (TPSA) is 66.6 Å². The fraction of sp³-hybridized carbons (Fsp3) is 0.562. The summed E-state index contributed by atoms with van der Waals surface area (Å²) in [4.78, 5) is 13.5. The highest BCUT2D eigenvalue weighted by Gasteiger charge is 2.18. The number of carboxylic acids is 1. The van der Waals surface area contributed by atoms with E-state index in [4.69, 9.17) is 5.73 Å². The van der Waals surface area contributed by atoms with Crippen LogP contribution in [0.4, 0.5) is 5.69 Å². The number of aromatic carboxylic acids is 1. The molecule has 0 atom stereocenters. The smallest absolute Gasteiger partial charge is 0.338 e. The Labute approximate surface area is 120 Å². The van der Waals surface area contributed by atoms with Gasteiger partial charge in [0.1, 0.15) is 0 Å². The first-order chi connectivity index (χ1) is 9.58. The number of nitrogens with two attached hydrogens (primary N) is 1. The average molecular weight is 276 g/mol. The number of carbonyl (C=O) groups is 1. The summed E-state index contributed by atoms with van der Waals surface area (Å²) in [5.74, 6) is -0.188. The van der Waals surface area contributed by atoms with E-state index in [1.54, 1.807) is 6.07 Å². The molecule has 1 aromatic rings. The Morgan fingerprint density at radius 3 is 2.70 bits per heavy atom. The van der Waals surface area contributed by atoms with E-state index < -0.39 is 5.97 Å². The van der Waals surface area contributed by atoms with Gasteiger partial charge in [0.25, 0.3) is 0 Å². The van der Waals surface area contributed by atoms with Crippen molar-refractivity contribution in [1.29, 1.82) is 0 Å². The Morgan fingerprint density at radius 1 is 1.35 bits per heavy atom. The third kappa shape index (κ3) is 3.73. The number of hydrogen-bond donors (Lipinski definition) is 2. The van der Waals surface area contributed by atoms with Gasteiger partial charge in [-0.05, 0) is 37.4 Å². The number of nitrogen functional groups attached to an aromatic ring is 1. The molecule has 1 aliphatic rings. The molecule has 0 unspecified atom stereocenters. The maximum atomic E-state index is 11.3. The zero-order chi connectivity index (χ0) is 14.5. The third-order valence-corrected chi connectivity index (χ3v) is 4.13. The Morgan fingerprint density at radius 2 is 2.05 bits per heavy atom. The second kappa shape index (κ2) is 6.75. The van der Waals surface area contributed by atoms with Crippen molar-refractivity contribution in [3.8, 4) is 0 Å². The third-order valence-electron chi connectivity index (χ3n) is 4.13. The van der Waals surface area contributed by atoms with Crippen LogP contribution >= 0.6 is 0 Å². The van der Waals surface area contributed by atoms with Crippen molar-refractivity contribution in [2.45, 2.75) is 38.6 Å². The highest BCUT2D eigenvalue weighted by molar-refractivity contribution is 5.95. The van der Waals surface area contributed by atoms with E-state index in [0.717, 1.165) is 18.0 Å². The number of rotatable bonds is 5. The first kappa shape index (κ1) is 14.9. The highest BCUT2D eigenvalue weighted by atomic mass is 16.4. The van der Waals surface area contributed by atoms with Crippen molar-refractivity contribution >= 4 is 11.7 Å². The first-order valence-electron chi connectivity index (χ1n) is 7.37. The predicted octanol–water partition coefficient (Wildman–Crippen LogP) is 2.98. The van der Waals surface area contributed by atoms with Crippen molar-refractivity contribution in [1.82, 2.24) is 4.90 Å². The minimum Gasteiger partial charge on any atom is -0.478 e. The molecule has 0 heterocycles. The summed E-state index contributed by atoms with van der Waals surface area (Å²) in [7, 11) is 2.06. The Kier molecular flexibility index (Phi) is 5.01. The van der Waals surface area contributed by atoms with Gasteiger partial charge in [-0.1, -0.05) is 31.4 Å². The van der Waals surface area contributed by atoms with Crippen LogP contribution in [0.5, 0.6) is 0 Å². The highest BCUT2D eigenvalue weighted by Crippen LogP contribution is 2.25. The average Bonchev–Trinajstić information content (AvgIpc) is 2.39. The van der Waals surface area contributed by atoms with Crippen LogP contribution in [-0.4, -0.2) is 29.6 Å². The first-order valence-corrected chi connectivity index (χ1v) is 7.37. The Balaban J connectivity index is 2.01. The van der Waals surface area contributed by atoms with E-state index in [-0.39, 0.29) is 5.56 Å². The quantitative estimate of drug-likeness (QED) is 0.811. The SMILES string of the molecule is CN(Cc1cccc(N)c1C(=O)O)CC1CCCCC1. The molecule has 1 aliphatic carbocycles. The number of nitrogens with zero attached hydrogens (tertiary/aromatic N) is 1. The van der Waals surface area contributed by atoms with Crippen molar-refractivity contribution in [2.24, 2.45) is 5.92 Å². The van der Waals surface area contributed by atoms with Crippen molar-refractivity contribution in [3.05, 3.63) is 29.3 Å². The van der Waals surface area contributed by atoms with Crippen LogP contribution in [0.3, 0.4) is 0 Å². The van der Waals surface area contributed by atoms with E-state index in [9.17, 15) is 9.90 Å². The molecule has 0 aliphatic heterocycles. The zero-order valence-electron chi connectivity index (χ0n) is 12.1. The van der Waals surface area contributed by atoms with Crippen LogP contribution in [0.25, 0.3) is 0 Å². The molecule has 0 amide bonds. The molecule has 1 aromatic carbocycles. The number of anilines is 1. The van der Waals surface area contributed by atoms with E-state index in [2.05, 4.69) is 11.9 Å². The molecule has 4 heteroatoms. The van der Waals surface area contributed by atoms with Crippen LogP contribution in [0.2, 0.25) is 0 Å². The van der Waals surface area contributed by atoms with Crippen LogP contribution in [0, 0.1) is 5.92 Å². The largest absolute Gasteiger partial charge is 0.478 e. The predicted molar refractivity (Wildman–Crippen MR) is 80.7 cm³/mol. The summed E-state index contributed by atoms with van der Waals surface area (Å²) in [5.41, 5.74) is 7.19.